The molecule has 7 rings (SSSR count). The van der Waals surface area contributed by atoms with Crippen LogP contribution in [0.25, 0.3) is 11.3 Å². The number of ether oxygens (including phenoxy) is 2. The fourth-order valence-corrected chi connectivity index (χ4v) is 9.36. The van der Waals surface area contributed by atoms with Gasteiger partial charge < -0.3 is 40.5 Å². The largest absolute Gasteiger partial charge is 0.465 e. The minimum absolute atomic E-state index is 0.0581. The highest BCUT2D eigenvalue weighted by molar-refractivity contribution is 5.87. The summed E-state index contributed by atoms with van der Waals surface area (Å²) < 4.78 is 67.2. The van der Waals surface area contributed by atoms with Gasteiger partial charge in [0.15, 0.2) is 0 Å². The van der Waals surface area contributed by atoms with Gasteiger partial charge in [-0.3, -0.25) is 19.9 Å². The summed E-state index contributed by atoms with van der Waals surface area (Å²) in [5.41, 5.74) is 4.84. The molecule has 2 aromatic heterocycles. The highest BCUT2D eigenvalue weighted by Crippen LogP contribution is 2.35. The number of fused-ring (bicyclic) bond motifs is 2. The summed E-state index contributed by atoms with van der Waals surface area (Å²) >= 11 is 0. The number of benzene rings is 2. The van der Waals surface area contributed by atoms with Gasteiger partial charge in [-0.2, -0.15) is 13.9 Å². The third-order valence-corrected chi connectivity index (χ3v) is 13.3. The van der Waals surface area contributed by atoms with Crippen molar-refractivity contribution in [3.05, 3.63) is 101 Å². The number of amides is 4. The number of rotatable bonds is 18. The monoisotopic (exact) mass is 1030 g/mol. The van der Waals surface area contributed by atoms with E-state index in [1.807, 2.05) is 12.1 Å². The lowest BCUT2D eigenvalue weighted by molar-refractivity contribution is -0.128. The minimum atomic E-state index is -2.94. The third kappa shape index (κ3) is 14.1. The number of piperazine rings is 1. The first kappa shape index (κ1) is 55.0. The summed E-state index contributed by atoms with van der Waals surface area (Å²) in [7, 11) is 0. The molecular formula is C52H64F4N10O8. The summed E-state index contributed by atoms with van der Waals surface area (Å²) in [6, 6.07) is 12.2. The van der Waals surface area contributed by atoms with E-state index in [0.29, 0.717) is 33.9 Å². The molecule has 0 radical (unpaired) electrons. The van der Waals surface area contributed by atoms with Crippen molar-refractivity contribution in [2.45, 2.75) is 116 Å². The van der Waals surface area contributed by atoms with E-state index < -0.39 is 95.8 Å². The van der Waals surface area contributed by atoms with Crippen LogP contribution in [-0.4, -0.2) is 136 Å². The van der Waals surface area contributed by atoms with Crippen molar-refractivity contribution in [2.24, 2.45) is 10.8 Å². The fraction of sp³-hybridized carbons (Fsp3) is 0.500. The highest BCUT2D eigenvalue weighted by atomic mass is 19.3. The number of hydrazine groups is 1. The number of nitrogens with one attached hydrogen (secondary N) is 5. The van der Waals surface area contributed by atoms with Gasteiger partial charge in [0.05, 0.1) is 43.7 Å². The average molecular weight is 1030 g/mol. The quantitative estimate of drug-likeness (QED) is 0.0390. The summed E-state index contributed by atoms with van der Waals surface area (Å²) in [4.78, 5) is 61.5. The predicted molar refractivity (Wildman–Crippen MR) is 265 cm³/mol. The van der Waals surface area contributed by atoms with Gasteiger partial charge in [-0.05, 0) is 78.1 Å². The first-order chi connectivity index (χ1) is 35.0. The van der Waals surface area contributed by atoms with E-state index in [2.05, 4.69) is 53.5 Å². The van der Waals surface area contributed by atoms with E-state index in [-0.39, 0.29) is 24.2 Å². The lowest BCUT2D eigenvalue weighted by atomic mass is 9.85. The number of pyridine rings is 1. The number of alkyl carbamates (subject to hydrolysis) is 1. The van der Waals surface area contributed by atoms with Gasteiger partial charge in [-0.15, -0.1) is 0 Å². The molecule has 3 aliphatic heterocycles. The number of carboxylic acid groups (broad SMARTS) is 1. The number of alkyl halides is 2. The van der Waals surface area contributed by atoms with E-state index >= 15 is 8.78 Å². The topological polar surface area (TPSA) is 225 Å². The molecule has 18 nitrogen and oxygen atoms in total. The van der Waals surface area contributed by atoms with Gasteiger partial charge in [-0.1, -0.05) is 65.5 Å². The zero-order chi connectivity index (χ0) is 53.5. The Morgan fingerprint density at radius 2 is 1.46 bits per heavy atom. The van der Waals surface area contributed by atoms with Gasteiger partial charge in [-0.25, -0.2) is 33.5 Å². The lowest BCUT2D eigenvalue weighted by Gasteiger charge is -2.47. The summed E-state index contributed by atoms with van der Waals surface area (Å²) in [6.07, 6.45) is 0.893. The number of halogens is 4. The van der Waals surface area contributed by atoms with E-state index in [1.54, 1.807) is 72.0 Å². The Kier molecular flexibility index (Phi) is 17.5. The van der Waals surface area contributed by atoms with Crippen molar-refractivity contribution in [3.63, 3.8) is 0 Å². The third-order valence-electron chi connectivity index (χ3n) is 13.3. The predicted octanol–water partition coefficient (Wildman–Crippen LogP) is 5.14. The van der Waals surface area contributed by atoms with Crippen LogP contribution in [0.4, 0.5) is 33.0 Å². The van der Waals surface area contributed by atoms with Crippen LogP contribution in [0.1, 0.15) is 83.2 Å². The normalized spacial score (nSPS) is 18.6. The Morgan fingerprint density at radius 3 is 2.01 bits per heavy atom. The molecule has 5 heterocycles. The van der Waals surface area contributed by atoms with E-state index in [1.165, 1.54) is 18.9 Å². The first-order valence-corrected chi connectivity index (χ1v) is 24.5. The number of hydrogen-bond acceptors (Lipinski definition) is 12. The Labute approximate surface area is 426 Å². The Bertz CT molecular complexity index is 2640. The van der Waals surface area contributed by atoms with Crippen molar-refractivity contribution >= 4 is 29.8 Å². The number of carbonyl (C=O) groups is 4. The van der Waals surface area contributed by atoms with Gasteiger partial charge in [0.1, 0.15) is 29.5 Å². The number of aromatic nitrogens is 3. The van der Waals surface area contributed by atoms with Crippen molar-refractivity contribution in [1.29, 1.82) is 0 Å². The van der Waals surface area contributed by atoms with Gasteiger partial charge in [0.2, 0.25) is 5.91 Å². The Hall–Kier alpha value is -6.80. The molecule has 2 aromatic carbocycles. The number of anilines is 1. The fourth-order valence-electron chi connectivity index (χ4n) is 9.36. The zero-order valence-electron chi connectivity index (χ0n) is 42.1. The molecule has 4 aromatic rings. The Balaban J connectivity index is 0.988. The summed E-state index contributed by atoms with van der Waals surface area (Å²) in [5.74, 6) is 3.80. The van der Waals surface area contributed by atoms with Crippen LogP contribution >= 0.6 is 0 Å². The number of nitrogens with zero attached hydrogens (tertiary/aromatic N) is 5. The molecule has 0 saturated carbocycles. The smallest absolute Gasteiger partial charge is 0.407 e. The number of aliphatic hydroxyl groups excluding tert-OH is 1. The average Bonchev–Trinajstić information content (AvgIpc) is 3.91. The summed E-state index contributed by atoms with van der Waals surface area (Å²) in [6.45, 7) is 9.77. The molecule has 7 N–H and O–H groups in total. The molecule has 398 valence electrons. The van der Waals surface area contributed by atoms with Crippen LogP contribution in [0.5, 0.6) is 0 Å². The first-order valence-electron chi connectivity index (χ1n) is 24.5. The SMILES string of the molecule is CC(C)(C)[C@H](NC(=O)O)C(=O)NNC[C@H](O)[C@H](Cc1ccc(C#Cc2ccc(N3CC4CCC(C3)N4C3COC3)nc2)cc1)NC(=O)[C@@H](NC(=O)OCCc1c(F)cc(-c2ccn(C(F)F)n2)cc1F)C(C)(C)C. The molecule has 2 unspecified atom stereocenters. The molecule has 3 saturated heterocycles. The number of hydrogen-bond donors (Lipinski definition) is 7. The second-order valence-corrected chi connectivity index (χ2v) is 21.0. The van der Waals surface area contributed by atoms with Crippen molar-refractivity contribution in [2.75, 3.05) is 44.4 Å². The molecule has 3 fully saturated rings. The molecule has 74 heavy (non-hydrogen) atoms. The molecule has 6 atom stereocenters. The minimum Gasteiger partial charge on any atom is -0.465 e. The van der Waals surface area contributed by atoms with Crippen molar-refractivity contribution in [3.8, 4) is 23.1 Å². The van der Waals surface area contributed by atoms with Crippen LogP contribution in [0.2, 0.25) is 0 Å². The highest BCUT2D eigenvalue weighted by Gasteiger charge is 2.45. The molecule has 0 spiro atoms. The molecule has 0 aliphatic carbocycles. The maximum absolute atomic E-state index is 15.1. The molecule has 22 heteroatoms. The lowest BCUT2D eigenvalue weighted by Crippen LogP contribution is -2.62. The second kappa shape index (κ2) is 23.6. The van der Waals surface area contributed by atoms with Gasteiger partial charge >= 0.3 is 18.7 Å². The van der Waals surface area contributed by atoms with E-state index in [9.17, 15) is 38.2 Å². The van der Waals surface area contributed by atoms with Crippen LogP contribution in [0, 0.1) is 34.3 Å². The van der Waals surface area contributed by atoms with E-state index in [0.717, 1.165) is 56.0 Å². The summed E-state index contributed by atoms with van der Waals surface area (Å²) in [5, 5.41) is 32.1. The molecule has 2 bridgehead atoms. The van der Waals surface area contributed by atoms with Crippen LogP contribution in [0.15, 0.2) is 67.0 Å². The standard InChI is InChI=1S/C52H64F4N10O8/c1-51(2,3)44(61-50(72)74-20-18-37-38(53)22-33(23-39(37)54)40-17-19-65(63-40)48(55)56)46(68)59-41(42(67)25-58-62-47(69)45(52(4,5)6)60-49(70)71)21-31-10-7-30(8-11-31)9-12-32-13-16-43(57-24-32)64-26-34-14-15-35(27-64)66(34)36-28-73-29-36/h7-8,10-11,13,16-17,19,22-24,34-36,41-42,44-45,48,58,60,67H,14-15,18,20-21,25-29H2,1-6H3,(H,59,68)(H,61,72)(H,62,69)(H,70,71)/t34?,35?,41-,42-,44+,45+/m0/s1. The van der Waals surface area contributed by atoms with Crippen LogP contribution < -0.4 is 31.7 Å². The number of aliphatic hydroxyl groups is 1. The molecule has 3 aliphatic rings. The van der Waals surface area contributed by atoms with Gasteiger partial charge in [0, 0.05) is 72.8 Å². The van der Waals surface area contributed by atoms with Crippen molar-refractivity contribution in [1.82, 2.24) is 46.5 Å². The Morgan fingerprint density at radius 1 is 0.838 bits per heavy atom. The van der Waals surface area contributed by atoms with Crippen molar-refractivity contribution < 1.29 is 56.4 Å². The second-order valence-electron chi connectivity index (χ2n) is 21.0. The molecular weight excluding hydrogens is 969 g/mol. The van der Waals surface area contributed by atoms with Crippen LogP contribution in [-0.2, 0) is 31.9 Å². The van der Waals surface area contributed by atoms with Crippen LogP contribution in [0.3, 0.4) is 0 Å². The maximum Gasteiger partial charge on any atom is 0.407 e. The number of carbonyl (C=O) groups excluding carboxylic acids is 3. The zero-order valence-corrected chi connectivity index (χ0v) is 42.1. The van der Waals surface area contributed by atoms with Gasteiger partial charge in [0.25, 0.3) is 5.91 Å². The van der Waals surface area contributed by atoms with E-state index in [4.69, 9.17) is 14.5 Å². The molecule has 4 amide bonds. The maximum atomic E-state index is 15.1.